The van der Waals surface area contributed by atoms with Crippen LogP contribution in [0.15, 0.2) is 72.8 Å². The molecule has 0 saturated carbocycles. The molecule has 0 aromatic heterocycles. The minimum Gasteiger partial charge on any atom is -0.337 e. The summed E-state index contributed by atoms with van der Waals surface area (Å²) in [4.78, 5) is 42.2. The Hall–Kier alpha value is -3.93. The molecule has 0 bridgehead atoms. The van der Waals surface area contributed by atoms with Crippen molar-refractivity contribution in [1.82, 2.24) is 4.90 Å². The molecule has 1 atom stereocenters. The van der Waals surface area contributed by atoms with Crippen LogP contribution in [-0.4, -0.2) is 36.2 Å². The van der Waals surface area contributed by atoms with Gasteiger partial charge in [-0.05, 0) is 43.2 Å². The molecule has 3 aromatic carbocycles. The summed E-state index contributed by atoms with van der Waals surface area (Å²) in [6.07, 6.45) is 0.142. The van der Waals surface area contributed by atoms with Crippen molar-refractivity contribution < 1.29 is 14.4 Å². The summed E-state index contributed by atoms with van der Waals surface area (Å²) in [5, 5.41) is 2.90. The first-order chi connectivity index (χ1) is 16.3. The van der Waals surface area contributed by atoms with Gasteiger partial charge in [-0.15, -0.1) is 0 Å². The standard InChI is InChI=1S/C28H29N3O3/c1-19-13-14-25(20(2)15-19)31-18-22(16-26(31)32)27(33)29-24-12-8-7-11-23(24)28(34)30(3)17-21-9-5-4-6-10-21/h4-15,22H,16-18H2,1-3H3,(H,29,33). The predicted octanol–water partition coefficient (Wildman–Crippen LogP) is 4.57. The molecule has 6 nitrogen and oxygen atoms in total. The van der Waals surface area contributed by atoms with Gasteiger partial charge in [0.05, 0.1) is 17.2 Å². The van der Waals surface area contributed by atoms with Crippen molar-refractivity contribution in [3.05, 3.63) is 95.1 Å². The number of nitrogens with zero attached hydrogens (tertiary/aromatic N) is 2. The van der Waals surface area contributed by atoms with E-state index in [-0.39, 0.29) is 24.1 Å². The lowest BCUT2D eigenvalue weighted by Crippen LogP contribution is -2.30. The van der Waals surface area contributed by atoms with Gasteiger partial charge in [-0.2, -0.15) is 0 Å². The largest absolute Gasteiger partial charge is 0.337 e. The molecule has 0 radical (unpaired) electrons. The van der Waals surface area contributed by atoms with Gasteiger partial charge in [0.1, 0.15) is 0 Å². The normalized spacial score (nSPS) is 15.3. The maximum absolute atomic E-state index is 13.1. The SMILES string of the molecule is Cc1ccc(N2CC(C(=O)Nc3ccccc3C(=O)N(C)Cc3ccccc3)CC2=O)c(C)c1. The van der Waals surface area contributed by atoms with Crippen LogP contribution in [0.25, 0.3) is 0 Å². The van der Waals surface area contributed by atoms with Gasteiger partial charge in [-0.25, -0.2) is 0 Å². The first-order valence-corrected chi connectivity index (χ1v) is 11.4. The molecule has 4 rings (SSSR count). The van der Waals surface area contributed by atoms with Gasteiger partial charge in [0.2, 0.25) is 11.8 Å². The van der Waals surface area contributed by atoms with E-state index in [4.69, 9.17) is 0 Å². The fourth-order valence-corrected chi connectivity index (χ4v) is 4.37. The molecule has 1 fully saturated rings. The van der Waals surface area contributed by atoms with E-state index in [0.717, 1.165) is 22.4 Å². The number of rotatable bonds is 6. The highest BCUT2D eigenvalue weighted by molar-refractivity contribution is 6.07. The number of aryl methyl sites for hydroxylation is 2. The fourth-order valence-electron chi connectivity index (χ4n) is 4.37. The molecule has 3 amide bonds. The van der Waals surface area contributed by atoms with Crippen molar-refractivity contribution in [3.8, 4) is 0 Å². The minimum absolute atomic E-state index is 0.0703. The van der Waals surface area contributed by atoms with E-state index < -0.39 is 5.92 Å². The predicted molar refractivity (Wildman–Crippen MR) is 134 cm³/mol. The second-order valence-corrected chi connectivity index (χ2v) is 8.88. The summed E-state index contributed by atoms with van der Waals surface area (Å²) >= 11 is 0. The second kappa shape index (κ2) is 9.91. The maximum Gasteiger partial charge on any atom is 0.256 e. The Morgan fingerprint density at radius 2 is 1.71 bits per heavy atom. The second-order valence-electron chi connectivity index (χ2n) is 8.88. The quantitative estimate of drug-likeness (QED) is 0.592. The lowest BCUT2D eigenvalue weighted by Gasteiger charge is -2.21. The van der Waals surface area contributed by atoms with E-state index in [1.807, 2.05) is 62.4 Å². The minimum atomic E-state index is -0.488. The van der Waals surface area contributed by atoms with Crippen LogP contribution in [0.1, 0.15) is 33.5 Å². The van der Waals surface area contributed by atoms with Crippen molar-refractivity contribution in [2.45, 2.75) is 26.8 Å². The van der Waals surface area contributed by atoms with Crippen LogP contribution < -0.4 is 10.2 Å². The molecule has 0 spiro atoms. The third-order valence-electron chi connectivity index (χ3n) is 6.16. The summed E-state index contributed by atoms with van der Waals surface area (Å²) in [7, 11) is 1.74. The maximum atomic E-state index is 13.1. The topological polar surface area (TPSA) is 69.7 Å². The van der Waals surface area contributed by atoms with Crippen LogP contribution in [-0.2, 0) is 16.1 Å². The van der Waals surface area contributed by atoms with E-state index in [2.05, 4.69) is 5.32 Å². The highest BCUT2D eigenvalue weighted by Gasteiger charge is 2.36. The third-order valence-corrected chi connectivity index (χ3v) is 6.16. The first-order valence-electron chi connectivity index (χ1n) is 11.4. The zero-order chi connectivity index (χ0) is 24.2. The third kappa shape index (κ3) is 5.01. The summed E-state index contributed by atoms with van der Waals surface area (Å²) in [6, 6.07) is 22.7. The lowest BCUT2D eigenvalue weighted by atomic mass is 10.1. The van der Waals surface area contributed by atoms with Crippen molar-refractivity contribution >= 4 is 29.1 Å². The molecule has 1 aliphatic heterocycles. The molecule has 1 saturated heterocycles. The van der Waals surface area contributed by atoms with E-state index >= 15 is 0 Å². The first kappa shape index (κ1) is 23.2. The zero-order valence-electron chi connectivity index (χ0n) is 19.7. The van der Waals surface area contributed by atoms with E-state index in [1.165, 1.54) is 0 Å². The van der Waals surface area contributed by atoms with Crippen LogP contribution in [0.5, 0.6) is 0 Å². The molecular formula is C28H29N3O3. The summed E-state index contributed by atoms with van der Waals surface area (Å²) < 4.78 is 0. The Balaban J connectivity index is 1.46. The molecule has 1 unspecified atom stereocenters. The molecule has 1 aliphatic rings. The molecule has 0 aliphatic carbocycles. The Morgan fingerprint density at radius 1 is 1.00 bits per heavy atom. The van der Waals surface area contributed by atoms with Crippen molar-refractivity contribution in [3.63, 3.8) is 0 Å². The average molecular weight is 456 g/mol. The van der Waals surface area contributed by atoms with E-state index in [0.29, 0.717) is 24.3 Å². The monoisotopic (exact) mass is 455 g/mol. The Bertz CT molecular complexity index is 1220. The average Bonchev–Trinajstić information content (AvgIpc) is 3.21. The van der Waals surface area contributed by atoms with Crippen LogP contribution >= 0.6 is 0 Å². The summed E-state index contributed by atoms with van der Waals surface area (Å²) in [5.41, 5.74) is 4.87. The zero-order valence-corrected chi connectivity index (χ0v) is 19.7. The summed E-state index contributed by atoms with van der Waals surface area (Å²) in [6.45, 7) is 4.76. The van der Waals surface area contributed by atoms with Gasteiger partial charge in [-0.1, -0.05) is 60.2 Å². The Labute approximate surface area is 200 Å². The van der Waals surface area contributed by atoms with Crippen molar-refractivity contribution in [2.75, 3.05) is 23.8 Å². The van der Waals surface area contributed by atoms with Crippen LogP contribution in [0.2, 0.25) is 0 Å². The van der Waals surface area contributed by atoms with Crippen LogP contribution in [0.4, 0.5) is 11.4 Å². The molecule has 34 heavy (non-hydrogen) atoms. The number of amides is 3. The number of carbonyl (C=O) groups excluding carboxylic acids is 3. The molecule has 1 N–H and O–H groups in total. The number of para-hydroxylation sites is 1. The smallest absolute Gasteiger partial charge is 0.256 e. The van der Waals surface area contributed by atoms with Gasteiger partial charge in [0.15, 0.2) is 0 Å². The highest BCUT2D eigenvalue weighted by atomic mass is 16.2. The van der Waals surface area contributed by atoms with Crippen LogP contribution in [0.3, 0.4) is 0 Å². The van der Waals surface area contributed by atoms with Gasteiger partial charge in [0.25, 0.3) is 5.91 Å². The van der Waals surface area contributed by atoms with Crippen molar-refractivity contribution in [2.24, 2.45) is 5.92 Å². The van der Waals surface area contributed by atoms with E-state index in [9.17, 15) is 14.4 Å². The fraction of sp³-hybridized carbons (Fsp3) is 0.250. The van der Waals surface area contributed by atoms with E-state index in [1.54, 1.807) is 41.1 Å². The number of hydrogen-bond acceptors (Lipinski definition) is 3. The molecule has 1 heterocycles. The lowest BCUT2D eigenvalue weighted by molar-refractivity contribution is -0.122. The molecule has 3 aromatic rings. The molecule has 6 heteroatoms. The molecular weight excluding hydrogens is 426 g/mol. The number of carbonyl (C=O) groups is 3. The van der Waals surface area contributed by atoms with Crippen LogP contribution in [0, 0.1) is 19.8 Å². The Morgan fingerprint density at radius 3 is 2.44 bits per heavy atom. The number of hydrogen-bond donors (Lipinski definition) is 1. The highest BCUT2D eigenvalue weighted by Crippen LogP contribution is 2.29. The number of nitrogens with one attached hydrogen (secondary N) is 1. The van der Waals surface area contributed by atoms with Gasteiger partial charge < -0.3 is 15.1 Å². The van der Waals surface area contributed by atoms with Gasteiger partial charge in [0, 0.05) is 32.2 Å². The number of benzene rings is 3. The van der Waals surface area contributed by atoms with Crippen molar-refractivity contribution in [1.29, 1.82) is 0 Å². The van der Waals surface area contributed by atoms with Gasteiger partial charge in [-0.3, -0.25) is 14.4 Å². The molecule has 174 valence electrons. The number of anilines is 2. The van der Waals surface area contributed by atoms with Gasteiger partial charge >= 0.3 is 0 Å². The Kier molecular flexibility index (Phi) is 6.77. The summed E-state index contributed by atoms with van der Waals surface area (Å²) in [5.74, 6) is -0.997.